The fraction of sp³-hybridized carbons (Fsp3) is 0.833. The van der Waals surface area contributed by atoms with Crippen LogP contribution < -0.4 is 0 Å². The van der Waals surface area contributed by atoms with Crippen molar-refractivity contribution in [3.05, 3.63) is 0 Å². The molecular formula is C6H13NS2. The Hall–Kier alpha value is 0.240. The van der Waals surface area contributed by atoms with Gasteiger partial charge in [-0.2, -0.15) is 0 Å². The molecule has 0 spiro atoms. The standard InChI is InChI=1S/C6H13NS2/c1-4-5-9-6(8)7(2)3/h4-5H2,1-3H3. The van der Waals surface area contributed by atoms with Gasteiger partial charge >= 0.3 is 0 Å². The van der Waals surface area contributed by atoms with Crippen LogP contribution in [0.15, 0.2) is 0 Å². The second-order valence-electron chi connectivity index (χ2n) is 2.01. The molecular weight excluding hydrogens is 150 g/mol. The van der Waals surface area contributed by atoms with Crippen LogP contribution in [0.4, 0.5) is 0 Å². The lowest BCUT2D eigenvalue weighted by molar-refractivity contribution is 0.648. The molecule has 0 aromatic heterocycles. The molecule has 0 fully saturated rings. The zero-order valence-electron chi connectivity index (χ0n) is 6.18. The lowest BCUT2D eigenvalue weighted by Gasteiger charge is -2.11. The Morgan fingerprint density at radius 3 is 2.44 bits per heavy atom. The Morgan fingerprint density at radius 1 is 1.56 bits per heavy atom. The number of thioether (sulfide) groups is 1. The third-order valence-electron chi connectivity index (χ3n) is 0.795. The Morgan fingerprint density at radius 2 is 2.11 bits per heavy atom. The van der Waals surface area contributed by atoms with E-state index in [2.05, 4.69) is 6.92 Å². The average Bonchev–Trinajstić information content (AvgIpc) is 1.82. The Kier molecular flexibility index (Phi) is 5.19. The van der Waals surface area contributed by atoms with Crippen molar-refractivity contribution in [2.24, 2.45) is 0 Å². The van der Waals surface area contributed by atoms with Crippen molar-refractivity contribution < 1.29 is 0 Å². The molecule has 54 valence electrons. The fourth-order valence-electron chi connectivity index (χ4n) is 0.318. The maximum atomic E-state index is 5.03. The summed E-state index contributed by atoms with van der Waals surface area (Å²) in [6.45, 7) is 2.16. The highest BCUT2D eigenvalue weighted by molar-refractivity contribution is 8.22. The van der Waals surface area contributed by atoms with Gasteiger partial charge in [0.05, 0.1) is 0 Å². The molecule has 3 heteroatoms. The number of nitrogens with zero attached hydrogens (tertiary/aromatic N) is 1. The first-order valence-electron chi connectivity index (χ1n) is 3.02. The molecule has 0 saturated heterocycles. The molecule has 0 saturated carbocycles. The smallest absolute Gasteiger partial charge is 0.135 e. The van der Waals surface area contributed by atoms with Gasteiger partial charge in [-0.15, -0.1) is 0 Å². The van der Waals surface area contributed by atoms with Gasteiger partial charge in [-0.1, -0.05) is 30.9 Å². The Bertz CT molecular complexity index is 91.1. The molecule has 0 radical (unpaired) electrons. The molecule has 0 N–H and O–H groups in total. The van der Waals surface area contributed by atoms with E-state index in [9.17, 15) is 0 Å². The van der Waals surface area contributed by atoms with E-state index in [-0.39, 0.29) is 0 Å². The topological polar surface area (TPSA) is 3.24 Å². The lowest BCUT2D eigenvalue weighted by Crippen LogP contribution is -2.16. The molecule has 1 nitrogen and oxygen atoms in total. The number of rotatable bonds is 2. The number of thiocarbonyl (C=S) groups is 1. The second-order valence-corrected chi connectivity index (χ2v) is 3.74. The van der Waals surface area contributed by atoms with Crippen LogP contribution in [0.5, 0.6) is 0 Å². The molecule has 0 heterocycles. The summed E-state index contributed by atoms with van der Waals surface area (Å²) >= 11 is 6.77. The minimum Gasteiger partial charge on any atom is -0.364 e. The van der Waals surface area contributed by atoms with E-state index in [1.165, 1.54) is 6.42 Å². The second kappa shape index (κ2) is 5.06. The van der Waals surface area contributed by atoms with Crippen molar-refractivity contribution in [1.82, 2.24) is 4.90 Å². The van der Waals surface area contributed by atoms with Gasteiger partial charge in [-0.3, -0.25) is 0 Å². The fourth-order valence-corrected chi connectivity index (χ4v) is 1.21. The summed E-state index contributed by atoms with van der Waals surface area (Å²) in [5.74, 6) is 1.14. The predicted octanol–water partition coefficient (Wildman–Crippen LogP) is 1.98. The van der Waals surface area contributed by atoms with E-state index in [4.69, 9.17) is 12.2 Å². The summed E-state index contributed by atoms with van der Waals surface area (Å²) in [6.07, 6.45) is 1.19. The quantitative estimate of drug-likeness (QED) is 0.573. The SMILES string of the molecule is CCCSC(=S)N(C)C. The molecule has 0 atom stereocenters. The van der Waals surface area contributed by atoms with Gasteiger partial charge in [0.2, 0.25) is 0 Å². The highest BCUT2D eigenvalue weighted by atomic mass is 32.2. The molecule has 0 aliphatic heterocycles. The Balaban J connectivity index is 3.28. The molecule has 0 aliphatic rings. The van der Waals surface area contributed by atoms with Crippen LogP contribution >= 0.6 is 24.0 Å². The van der Waals surface area contributed by atoms with E-state index >= 15 is 0 Å². The van der Waals surface area contributed by atoms with E-state index < -0.39 is 0 Å². The average molecular weight is 163 g/mol. The van der Waals surface area contributed by atoms with Gasteiger partial charge in [0.1, 0.15) is 4.32 Å². The molecule has 0 bridgehead atoms. The van der Waals surface area contributed by atoms with Gasteiger partial charge in [-0.05, 0) is 12.2 Å². The third kappa shape index (κ3) is 4.73. The third-order valence-corrected chi connectivity index (χ3v) is 2.74. The summed E-state index contributed by atoms with van der Waals surface area (Å²) in [4.78, 5) is 1.97. The predicted molar refractivity (Wildman–Crippen MR) is 49.0 cm³/mol. The zero-order valence-corrected chi connectivity index (χ0v) is 7.81. The van der Waals surface area contributed by atoms with Gasteiger partial charge < -0.3 is 4.90 Å². The first kappa shape index (κ1) is 9.24. The minimum atomic E-state index is 0.983. The van der Waals surface area contributed by atoms with Crippen LogP contribution in [0.1, 0.15) is 13.3 Å². The van der Waals surface area contributed by atoms with Crippen molar-refractivity contribution in [2.75, 3.05) is 19.8 Å². The molecule has 9 heavy (non-hydrogen) atoms. The van der Waals surface area contributed by atoms with Crippen LogP contribution in [0.25, 0.3) is 0 Å². The molecule has 0 aliphatic carbocycles. The van der Waals surface area contributed by atoms with E-state index in [1.807, 2.05) is 19.0 Å². The van der Waals surface area contributed by atoms with Crippen LogP contribution in [0.3, 0.4) is 0 Å². The molecule has 0 rings (SSSR count). The maximum absolute atomic E-state index is 5.03. The highest BCUT2D eigenvalue weighted by Gasteiger charge is 1.96. The Labute approximate surface area is 66.8 Å². The van der Waals surface area contributed by atoms with Gasteiger partial charge in [-0.25, -0.2) is 0 Å². The lowest BCUT2D eigenvalue weighted by atomic mass is 10.6. The van der Waals surface area contributed by atoms with Crippen molar-refractivity contribution >= 4 is 28.3 Å². The van der Waals surface area contributed by atoms with Crippen LogP contribution in [-0.2, 0) is 0 Å². The molecule has 0 unspecified atom stereocenters. The van der Waals surface area contributed by atoms with Crippen LogP contribution in [-0.4, -0.2) is 29.1 Å². The molecule has 0 aromatic rings. The van der Waals surface area contributed by atoms with E-state index in [1.54, 1.807) is 11.8 Å². The van der Waals surface area contributed by atoms with E-state index in [0.717, 1.165) is 10.1 Å². The summed E-state index contributed by atoms with van der Waals surface area (Å²) in [7, 11) is 3.95. The van der Waals surface area contributed by atoms with E-state index in [0.29, 0.717) is 0 Å². The van der Waals surface area contributed by atoms with Gasteiger partial charge in [0.25, 0.3) is 0 Å². The van der Waals surface area contributed by atoms with Gasteiger partial charge in [0.15, 0.2) is 0 Å². The van der Waals surface area contributed by atoms with Crippen molar-refractivity contribution in [1.29, 1.82) is 0 Å². The first-order valence-corrected chi connectivity index (χ1v) is 4.42. The number of hydrogen-bond donors (Lipinski definition) is 0. The highest BCUT2D eigenvalue weighted by Crippen LogP contribution is 2.06. The van der Waals surface area contributed by atoms with Crippen molar-refractivity contribution in [3.8, 4) is 0 Å². The maximum Gasteiger partial charge on any atom is 0.135 e. The summed E-state index contributed by atoms with van der Waals surface area (Å²) in [5, 5.41) is 0. The normalized spacial score (nSPS) is 9.22. The van der Waals surface area contributed by atoms with Crippen LogP contribution in [0, 0.1) is 0 Å². The molecule has 0 amide bonds. The number of hydrogen-bond acceptors (Lipinski definition) is 2. The largest absolute Gasteiger partial charge is 0.364 e. The van der Waals surface area contributed by atoms with Crippen molar-refractivity contribution in [3.63, 3.8) is 0 Å². The van der Waals surface area contributed by atoms with Gasteiger partial charge in [0, 0.05) is 14.1 Å². The minimum absolute atomic E-state index is 0.983. The first-order chi connectivity index (χ1) is 4.18. The van der Waals surface area contributed by atoms with Crippen LogP contribution in [0.2, 0.25) is 0 Å². The zero-order chi connectivity index (χ0) is 7.28. The van der Waals surface area contributed by atoms with Crippen molar-refractivity contribution in [2.45, 2.75) is 13.3 Å². The molecule has 0 aromatic carbocycles. The monoisotopic (exact) mass is 163 g/mol. The summed E-state index contributed by atoms with van der Waals surface area (Å²) in [6, 6.07) is 0. The summed E-state index contributed by atoms with van der Waals surface area (Å²) < 4.78 is 0.983. The summed E-state index contributed by atoms with van der Waals surface area (Å²) in [5.41, 5.74) is 0.